The lowest BCUT2D eigenvalue weighted by molar-refractivity contribution is -0.140. The van der Waals surface area contributed by atoms with E-state index in [0.717, 1.165) is 0 Å². The smallest absolute Gasteiger partial charge is 0.295 e. The van der Waals surface area contributed by atoms with Crippen molar-refractivity contribution in [1.29, 1.82) is 0 Å². The number of carbonyl (C=O) groups excluding carboxylic acids is 2. The number of hydrogen-bond acceptors (Lipinski definition) is 6. The summed E-state index contributed by atoms with van der Waals surface area (Å²) in [7, 11) is 3.04. The van der Waals surface area contributed by atoms with Gasteiger partial charge in [-0.05, 0) is 36.8 Å². The number of aliphatic hydroxyl groups excluding tert-OH is 1. The minimum atomic E-state index is -0.820. The average Bonchev–Trinajstić information content (AvgIpc) is 3.02. The molecule has 8 heteroatoms. The SMILES string of the molecule is CCOc1cc(C2/C(=C(/O)c3cccc(Cl)c3)C(=O)C(=O)N2CCOC)ccc1OC. The van der Waals surface area contributed by atoms with Gasteiger partial charge in [0.15, 0.2) is 11.5 Å². The Bertz CT molecular complexity index is 1020. The number of hydrogen-bond donors (Lipinski definition) is 1. The Balaban J connectivity index is 2.19. The Morgan fingerprint density at radius 2 is 1.90 bits per heavy atom. The minimum absolute atomic E-state index is 0.0176. The summed E-state index contributed by atoms with van der Waals surface area (Å²) in [4.78, 5) is 27.2. The van der Waals surface area contributed by atoms with Crippen molar-refractivity contribution in [3.63, 3.8) is 0 Å². The third-order valence-corrected chi connectivity index (χ3v) is 5.21. The summed E-state index contributed by atoms with van der Waals surface area (Å²) in [6, 6.07) is 10.8. The zero-order valence-corrected chi connectivity index (χ0v) is 18.3. The van der Waals surface area contributed by atoms with Crippen LogP contribution >= 0.6 is 11.6 Å². The topological polar surface area (TPSA) is 85.3 Å². The summed E-state index contributed by atoms with van der Waals surface area (Å²) < 4.78 is 16.1. The van der Waals surface area contributed by atoms with Crippen molar-refractivity contribution >= 4 is 29.1 Å². The number of benzene rings is 2. The van der Waals surface area contributed by atoms with Crippen LogP contribution in [0.4, 0.5) is 0 Å². The zero-order valence-electron chi connectivity index (χ0n) is 17.6. The number of aliphatic hydroxyl groups is 1. The van der Waals surface area contributed by atoms with Crippen molar-refractivity contribution in [2.45, 2.75) is 13.0 Å². The highest BCUT2D eigenvalue weighted by Crippen LogP contribution is 2.42. The molecule has 1 unspecified atom stereocenters. The van der Waals surface area contributed by atoms with Gasteiger partial charge in [-0.15, -0.1) is 0 Å². The van der Waals surface area contributed by atoms with E-state index in [9.17, 15) is 14.7 Å². The highest BCUT2D eigenvalue weighted by Gasteiger charge is 2.46. The Labute approximate surface area is 185 Å². The molecule has 0 saturated carbocycles. The van der Waals surface area contributed by atoms with Crippen LogP contribution < -0.4 is 9.47 Å². The lowest BCUT2D eigenvalue weighted by Crippen LogP contribution is -2.32. The van der Waals surface area contributed by atoms with Gasteiger partial charge in [-0.25, -0.2) is 0 Å². The molecule has 1 saturated heterocycles. The first-order valence-corrected chi connectivity index (χ1v) is 10.1. The van der Waals surface area contributed by atoms with Gasteiger partial charge in [0.25, 0.3) is 11.7 Å². The van der Waals surface area contributed by atoms with E-state index in [1.165, 1.54) is 25.2 Å². The second-order valence-corrected chi connectivity index (χ2v) is 7.28. The number of likely N-dealkylation sites (tertiary alicyclic amines) is 1. The fraction of sp³-hybridized carbons (Fsp3) is 0.304. The zero-order chi connectivity index (χ0) is 22.5. The Kier molecular flexibility index (Phi) is 7.20. The second-order valence-electron chi connectivity index (χ2n) is 6.84. The number of Topliss-reactive ketones (excluding diaryl/α,β-unsaturated/α-hetero) is 1. The predicted octanol–water partition coefficient (Wildman–Crippen LogP) is 3.82. The Hall–Kier alpha value is -3.03. The maximum absolute atomic E-state index is 13.0. The first-order valence-electron chi connectivity index (χ1n) is 9.76. The van der Waals surface area contributed by atoms with Gasteiger partial charge in [-0.1, -0.05) is 29.8 Å². The highest BCUT2D eigenvalue weighted by molar-refractivity contribution is 6.46. The number of amides is 1. The summed E-state index contributed by atoms with van der Waals surface area (Å²) in [5.74, 6) is -0.775. The normalized spacial score (nSPS) is 17.8. The first kappa shape index (κ1) is 22.7. The Morgan fingerprint density at radius 3 is 2.55 bits per heavy atom. The van der Waals surface area contributed by atoms with Gasteiger partial charge in [-0.3, -0.25) is 9.59 Å². The first-order chi connectivity index (χ1) is 14.9. The number of ether oxygens (including phenoxy) is 3. The summed E-state index contributed by atoms with van der Waals surface area (Å²) >= 11 is 6.06. The van der Waals surface area contributed by atoms with E-state index >= 15 is 0 Å². The molecule has 1 atom stereocenters. The second kappa shape index (κ2) is 9.85. The van der Waals surface area contributed by atoms with Crippen molar-refractivity contribution in [2.75, 3.05) is 34.0 Å². The van der Waals surface area contributed by atoms with Crippen LogP contribution in [-0.4, -0.2) is 55.7 Å². The standard InChI is InChI=1S/C23H24ClNO6/c1-4-31-18-13-14(8-9-17(18)30-3)20-19(21(26)15-6-5-7-16(24)12-15)22(27)23(28)25(20)10-11-29-2/h5-9,12-13,20,26H,4,10-11H2,1-3H3/b21-19-. The van der Waals surface area contributed by atoms with Crippen LogP contribution in [0.25, 0.3) is 5.76 Å². The van der Waals surface area contributed by atoms with Crippen LogP contribution in [0.5, 0.6) is 11.5 Å². The van der Waals surface area contributed by atoms with E-state index in [1.807, 2.05) is 6.92 Å². The van der Waals surface area contributed by atoms with E-state index in [0.29, 0.717) is 34.3 Å². The third kappa shape index (κ3) is 4.52. The molecule has 0 aliphatic carbocycles. The molecule has 0 bridgehead atoms. The van der Waals surface area contributed by atoms with Crippen molar-refractivity contribution in [1.82, 2.24) is 4.90 Å². The van der Waals surface area contributed by atoms with E-state index in [1.54, 1.807) is 36.4 Å². The number of ketones is 1. The number of rotatable bonds is 8. The van der Waals surface area contributed by atoms with Gasteiger partial charge in [0, 0.05) is 24.2 Å². The maximum atomic E-state index is 13.0. The molecule has 0 aromatic heterocycles. The fourth-order valence-corrected chi connectivity index (χ4v) is 3.76. The number of nitrogens with zero attached hydrogens (tertiary/aromatic N) is 1. The van der Waals surface area contributed by atoms with Crippen molar-refractivity contribution in [3.8, 4) is 11.5 Å². The monoisotopic (exact) mass is 445 g/mol. The molecule has 0 radical (unpaired) electrons. The molecule has 7 nitrogen and oxygen atoms in total. The van der Waals surface area contributed by atoms with E-state index < -0.39 is 17.7 Å². The van der Waals surface area contributed by atoms with E-state index in [2.05, 4.69) is 0 Å². The average molecular weight is 446 g/mol. The molecule has 1 aliphatic rings. The van der Waals surface area contributed by atoms with Gasteiger partial charge in [0.1, 0.15) is 5.76 Å². The van der Waals surface area contributed by atoms with Gasteiger partial charge in [0.2, 0.25) is 0 Å². The highest BCUT2D eigenvalue weighted by atomic mass is 35.5. The van der Waals surface area contributed by atoms with Crippen LogP contribution in [0, 0.1) is 0 Å². The lowest BCUT2D eigenvalue weighted by atomic mass is 9.95. The van der Waals surface area contributed by atoms with Crippen molar-refractivity contribution < 1.29 is 28.9 Å². The third-order valence-electron chi connectivity index (χ3n) is 4.98. The van der Waals surface area contributed by atoms with Crippen LogP contribution in [0.3, 0.4) is 0 Å². The molecule has 1 N–H and O–H groups in total. The van der Waals surface area contributed by atoms with Crippen LogP contribution in [0.1, 0.15) is 24.1 Å². The van der Waals surface area contributed by atoms with Gasteiger partial charge >= 0.3 is 0 Å². The molecule has 2 aromatic rings. The van der Waals surface area contributed by atoms with Gasteiger partial charge in [-0.2, -0.15) is 0 Å². The van der Waals surface area contributed by atoms with Crippen LogP contribution in [0.2, 0.25) is 5.02 Å². The molecule has 2 aromatic carbocycles. The summed E-state index contributed by atoms with van der Waals surface area (Å²) in [6.07, 6.45) is 0. The summed E-state index contributed by atoms with van der Waals surface area (Å²) in [5.41, 5.74) is 0.930. The minimum Gasteiger partial charge on any atom is -0.507 e. The van der Waals surface area contributed by atoms with Gasteiger partial charge in [0.05, 0.1) is 31.9 Å². The van der Waals surface area contributed by atoms with Gasteiger partial charge < -0.3 is 24.2 Å². The lowest BCUT2D eigenvalue weighted by Gasteiger charge is -2.25. The molecule has 3 rings (SSSR count). The van der Waals surface area contributed by atoms with Crippen molar-refractivity contribution in [3.05, 3.63) is 64.2 Å². The molecule has 1 heterocycles. The Morgan fingerprint density at radius 1 is 1.13 bits per heavy atom. The number of halogens is 1. The van der Waals surface area contributed by atoms with Crippen molar-refractivity contribution in [2.24, 2.45) is 0 Å². The summed E-state index contributed by atoms with van der Waals surface area (Å²) in [5, 5.41) is 11.4. The molecule has 1 fully saturated rings. The molecule has 1 amide bonds. The molecule has 31 heavy (non-hydrogen) atoms. The van der Waals surface area contributed by atoms with Crippen LogP contribution in [-0.2, 0) is 14.3 Å². The molecular weight excluding hydrogens is 422 g/mol. The molecular formula is C23H24ClNO6. The largest absolute Gasteiger partial charge is 0.507 e. The molecule has 164 valence electrons. The van der Waals surface area contributed by atoms with Crippen LogP contribution in [0.15, 0.2) is 48.0 Å². The molecule has 1 aliphatic heterocycles. The summed E-state index contributed by atoms with van der Waals surface area (Å²) in [6.45, 7) is 2.66. The fourth-order valence-electron chi connectivity index (χ4n) is 3.57. The van der Waals surface area contributed by atoms with E-state index in [-0.39, 0.29) is 24.5 Å². The number of carbonyl (C=O) groups is 2. The quantitative estimate of drug-likeness (QED) is 0.378. The maximum Gasteiger partial charge on any atom is 0.295 e. The van der Waals surface area contributed by atoms with E-state index in [4.69, 9.17) is 25.8 Å². The predicted molar refractivity (Wildman–Crippen MR) is 117 cm³/mol. The molecule has 0 spiro atoms. The number of methoxy groups -OCH3 is 2.